The summed E-state index contributed by atoms with van der Waals surface area (Å²) >= 11 is 0. The van der Waals surface area contributed by atoms with Crippen LogP contribution in [0, 0.1) is 0 Å². The summed E-state index contributed by atoms with van der Waals surface area (Å²) < 4.78 is 7.17. The van der Waals surface area contributed by atoms with Crippen molar-refractivity contribution in [2.75, 3.05) is 4.90 Å². The maximum atomic E-state index is 7.17. The molecule has 11 aromatic carbocycles. The zero-order valence-corrected chi connectivity index (χ0v) is 35.2. The molecule has 0 radical (unpaired) electrons. The van der Waals surface area contributed by atoms with Crippen LogP contribution in [0.3, 0.4) is 0 Å². The van der Waals surface area contributed by atoms with Gasteiger partial charge in [0.25, 0.3) is 0 Å². The summed E-state index contributed by atoms with van der Waals surface area (Å²) in [5.74, 6) is 0.290. The van der Waals surface area contributed by atoms with Crippen LogP contribution in [0.4, 0.5) is 17.1 Å². The van der Waals surface area contributed by atoms with E-state index < -0.39 is 0 Å². The Hall–Kier alpha value is -7.94. The van der Waals surface area contributed by atoms with Gasteiger partial charge in [0, 0.05) is 22.0 Å². The fourth-order valence-electron chi connectivity index (χ4n) is 9.80. The molecule has 1 aromatic heterocycles. The molecule has 2 nitrogen and oxygen atoms in total. The quantitative estimate of drug-likeness (QED) is 0.160. The number of para-hydroxylation sites is 2. The summed E-state index contributed by atoms with van der Waals surface area (Å²) in [6.45, 7) is 4.51. The average molecular weight is 806 g/mol. The Morgan fingerprint density at radius 1 is 0.349 bits per heavy atom. The molecule has 0 amide bonds. The summed E-state index contributed by atoms with van der Waals surface area (Å²) in [6.07, 6.45) is 0. The molecule has 12 aromatic rings. The van der Waals surface area contributed by atoms with E-state index in [-0.39, 0.29) is 0 Å². The van der Waals surface area contributed by atoms with E-state index in [1.165, 1.54) is 76.3 Å². The summed E-state index contributed by atoms with van der Waals surface area (Å²) in [6, 6.07) is 79.7. The fourth-order valence-corrected chi connectivity index (χ4v) is 9.80. The smallest absolute Gasteiger partial charge is 0.159 e. The maximum Gasteiger partial charge on any atom is 0.159 e. The zero-order chi connectivity index (χ0) is 42.0. The highest BCUT2D eigenvalue weighted by Crippen LogP contribution is 2.48. The Kier molecular flexibility index (Phi) is 8.72. The normalized spacial score (nSPS) is 11.8. The highest BCUT2D eigenvalue weighted by molar-refractivity contribution is 6.22. The molecule has 0 saturated heterocycles. The molecule has 0 aliphatic carbocycles. The Bertz CT molecular complexity index is 3720. The maximum absolute atomic E-state index is 7.17. The van der Waals surface area contributed by atoms with E-state index >= 15 is 0 Å². The zero-order valence-electron chi connectivity index (χ0n) is 35.2. The van der Waals surface area contributed by atoms with Gasteiger partial charge in [-0.25, -0.2) is 0 Å². The molecular formula is C61H43NO. The van der Waals surface area contributed by atoms with Crippen molar-refractivity contribution < 1.29 is 4.42 Å². The molecule has 63 heavy (non-hydrogen) atoms. The number of rotatable bonds is 7. The second kappa shape index (κ2) is 14.9. The highest BCUT2D eigenvalue weighted by atomic mass is 16.3. The van der Waals surface area contributed by atoms with Gasteiger partial charge in [-0.05, 0) is 131 Å². The van der Waals surface area contributed by atoms with E-state index in [2.05, 4.69) is 237 Å². The molecule has 0 fully saturated rings. The first-order chi connectivity index (χ1) is 31.1. The van der Waals surface area contributed by atoms with Gasteiger partial charge in [-0.1, -0.05) is 184 Å². The molecule has 0 aliphatic heterocycles. The average Bonchev–Trinajstić information content (AvgIpc) is 3.74. The van der Waals surface area contributed by atoms with Gasteiger partial charge < -0.3 is 9.32 Å². The minimum absolute atomic E-state index is 0.290. The monoisotopic (exact) mass is 805 g/mol. The lowest BCUT2D eigenvalue weighted by Crippen LogP contribution is -2.11. The molecule has 298 valence electrons. The molecule has 0 bridgehead atoms. The lowest BCUT2D eigenvalue weighted by atomic mass is 9.94. The number of hydrogen-bond acceptors (Lipinski definition) is 2. The van der Waals surface area contributed by atoms with Crippen LogP contribution in [0.15, 0.2) is 223 Å². The first kappa shape index (κ1) is 36.9. The van der Waals surface area contributed by atoms with E-state index in [0.29, 0.717) is 5.92 Å². The van der Waals surface area contributed by atoms with Crippen LogP contribution in [0.25, 0.3) is 98.4 Å². The van der Waals surface area contributed by atoms with Gasteiger partial charge in [0.15, 0.2) is 5.58 Å². The minimum atomic E-state index is 0.290. The van der Waals surface area contributed by atoms with Crippen molar-refractivity contribution in [1.82, 2.24) is 0 Å². The van der Waals surface area contributed by atoms with Gasteiger partial charge in [0.2, 0.25) is 0 Å². The summed E-state index contributed by atoms with van der Waals surface area (Å²) in [4.78, 5) is 2.40. The first-order valence-corrected chi connectivity index (χ1v) is 21.9. The number of furan rings is 1. The molecule has 12 rings (SSSR count). The Balaban J connectivity index is 1.01. The summed E-state index contributed by atoms with van der Waals surface area (Å²) in [5.41, 5.74) is 13.3. The third-order valence-electron chi connectivity index (χ3n) is 13.0. The lowest BCUT2D eigenvalue weighted by Gasteiger charge is -2.28. The third-order valence-corrected chi connectivity index (χ3v) is 13.0. The summed E-state index contributed by atoms with van der Waals surface area (Å²) in [7, 11) is 0. The lowest BCUT2D eigenvalue weighted by molar-refractivity contribution is 0.657. The van der Waals surface area contributed by atoms with Crippen molar-refractivity contribution in [3.05, 3.63) is 224 Å². The summed E-state index contributed by atoms with van der Waals surface area (Å²) in [5, 5.41) is 12.1. The van der Waals surface area contributed by atoms with Gasteiger partial charge >= 0.3 is 0 Å². The van der Waals surface area contributed by atoms with E-state index in [9.17, 15) is 0 Å². The standard InChI is InChI=1S/C61H43NO/c1-39(2)56-38-49-16-6-8-19-52(49)59-55-22-12-24-58(60(55)63-61(56)59)62(57-23-10-9-20-54(57)53-21-11-17-42-14-5-7-18-51(42)53)50-33-31-41(32-34-50)44-27-28-47-37-48(30-29-46(47)36-44)45-26-25-40-13-3-4-15-43(40)35-45/h3-39H,1-2H3. The van der Waals surface area contributed by atoms with Crippen LogP contribution in [-0.2, 0) is 0 Å². The minimum Gasteiger partial charge on any atom is -0.454 e. The van der Waals surface area contributed by atoms with E-state index in [0.717, 1.165) is 44.7 Å². The molecule has 1 heterocycles. The third kappa shape index (κ3) is 6.25. The van der Waals surface area contributed by atoms with Crippen LogP contribution in [0.2, 0.25) is 0 Å². The van der Waals surface area contributed by atoms with Crippen LogP contribution in [0.5, 0.6) is 0 Å². The highest BCUT2D eigenvalue weighted by Gasteiger charge is 2.24. The van der Waals surface area contributed by atoms with Crippen molar-refractivity contribution in [2.45, 2.75) is 19.8 Å². The Labute approximate surface area is 366 Å². The van der Waals surface area contributed by atoms with Crippen LogP contribution < -0.4 is 4.90 Å². The van der Waals surface area contributed by atoms with Crippen LogP contribution in [-0.4, -0.2) is 0 Å². The van der Waals surface area contributed by atoms with Gasteiger partial charge in [0.05, 0.1) is 11.4 Å². The first-order valence-electron chi connectivity index (χ1n) is 21.9. The SMILES string of the molecule is CC(C)c1cc2ccccc2c2c1oc1c(N(c3ccc(-c4ccc5cc(-c6ccc7ccccc7c6)ccc5c4)cc3)c3ccccc3-c3cccc4ccccc34)cccc12. The van der Waals surface area contributed by atoms with E-state index in [1.807, 2.05) is 0 Å². The van der Waals surface area contributed by atoms with Crippen molar-refractivity contribution in [2.24, 2.45) is 0 Å². The van der Waals surface area contributed by atoms with Crippen molar-refractivity contribution in [3.63, 3.8) is 0 Å². The molecule has 2 heteroatoms. The number of anilines is 3. The predicted molar refractivity (Wildman–Crippen MR) is 269 cm³/mol. The van der Waals surface area contributed by atoms with E-state index in [4.69, 9.17) is 4.42 Å². The predicted octanol–water partition coefficient (Wildman–Crippen LogP) is 17.8. The van der Waals surface area contributed by atoms with Gasteiger partial charge in [-0.15, -0.1) is 0 Å². The molecule has 0 saturated carbocycles. The molecule has 0 atom stereocenters. The molecule has 0 spiro atoms. The van der Waals surface area contributed by atoms with Crippen LogP contribution >= 0.6 is 0 Å². The van der Waals surface area contributed by atoms with Gasteiger partial charge in [0.1, 0.15) is 5.58 Å². The molecule has 0 N–H and O–H groups in total. The number of nitrogens with zero attached hydrogens (tertiary/aromatic N) is 1. The number of benzene rings is 11. The fraction of sp³-hybridized carbons (Fsp3) is 0.0492. The molecule has 0 aliphatic rings. The van der Waals surface area contributed by atoms with Gasteiger partial charge in [-0.2, -0.15) is 0 Å². The molecule has 0 unspecified atom stereocenters. The number of fused-ring (bicyclic) bond motifs is 8. The van der Waals surface area contributed by atoms with Crippen molar-refractivity contribution in [1.29, 1.82) is 0 Å². The topological polar surface area (TPSA) is 16.4 Å². The second-order valence-corrected chi connectivity index (χ2v) is 17.1. The van der Waals surface area contributed by atoms with Crippen molar-refractivity contribution >= 4 is 82.1 Å². The van der Waals surface area contributed by atoms with Crippen molar-refractivity contribution in [3.8, 4) is 33.4 Å². The Morgan fingerprint density at radius 2 is 0.857 bits per heavy atom. The number of hydrogen-bond donors (Lipinski definition) is 0. The van der Waals surface area contributed by atoms with Crippen LogP contribution in [0.1, 0.15) is 25.3 Å². The Morgan fingerprint density at radius 3 is 1.60 bits per heavy atom. The largest absolute Gasteiger partial charge is 0.454 e. The second-order valence-electron chi connectivity index (χ2n) is 17.1. The molecular weight excluding hydrogens is 763 g/mol. The van der Waals surface area contributed by atoms with E-state index in [1.54, 1.807) is 0 Å². The van der Waals surface area contributed by atoms with Gasteiger partial charge in [-0.3, -0.25) is 0 Å².